The normalized spacial score (nSPS) is 20.9. The number of nitrogens with zero attached hydrogens (tertiary/aromatic N) is 2. The Morgan fingerprint density at radius 1 is 1.10 bits per heavy atom. The maximum absolute atomic E-state index is 12.4. The molecule has 0 aromatic heterocycles. The molecule has 2 saturated heterocycles. The van der Waals surface area contributed by atoms with E-state index in [4.69, 9.17) is 14.2 Å². The average Bonchev–Trinajstić information content (AvgIpc) is 3.23. The Hall–Kier alpha value is -3.20. The van der Waals surface area contributed by atoms with Crippen LogP contribution in [0.4, 0.5) is 15.3 Å². The van der Waals surface area contributed by atoms with E-state index in [-0.39, 0.29) is 29.5 Å². The Kier molecular flexibility index (Phi) is 6.03. The molecule has 2 fully saturated rings. The molecule has 0 bridgehead atoms. The highest BCUT2D eigenvalue weighted by Gasteiger charge is 2.40. The number of hydrogen-bond acceptors (Lipinski definition) is 7. The van der Waals surface area contributed by atoms with Crippen LogP contribution in [0.5, 0.6) is 11.5 Å². The number of hydrogen-bond donors (Lipinski definition) is 0. The number of amides is 2. The zero-order valence-electron chi connectivity index (χ0n) is 17.1. The number of carbonyl (C=O) groups is 3. The molecule has 2 aromatic carbocycles. The van der Waals surface area contributed by atoms with Gasteiger partial charge in [-0.25, -0.2) is 4.79 Å². The molecule has 162 valence electrons. The maximum atomic E-state index is 12.4. The summed E-state index contributed by atoms with van der Waals surface area (Å²) in [6.07, 6.45) is -0.859. The molecular weight excluding hydrogens is 420 g/mol. The minimum Gasteiger partial charge on any atom is -0.497 e. The second-order valence-corrected chi connectivity index (χ2v) is 8.29. The fraction of sp³-hybridized carbons (Fsp3) is 0.318. The van der Waals surface area contributed by atoms with Gasteiger partial charge in [-0.05, 0) is 48.9 Å². The van der Waals surface area contributed by atoms with Crippen LogP contribution in [0.1, 0.15) is 12.5 Å². The van der Waals surface area contributed by atoms with E-state index < -0.39 is 12.2 Å². The average molecular weight is 442 g/mol. The standard InChI is InChI=1S/C22H22N2O6S/c1-14-19(30-21(26)24(14)16-6-8-17(28-2)9-7-16)13-29-18-5-3-4-15(10-18)11-23-12-20(25)31-22(23)27/h3-10,14,19H,11-13H2,1-2H3/t14-,19+/m0/s1. The van der Waals surface area contributed by atoms with Crippen LogP contribution < -0.4 is 14.4 Å². The van der Waals surface area contributed by atoms with Gasteiger partial charge >= 0.3 is 6.09 Å². The molecular formula is C22H22N2O6S. The minimum atomic E-state index is -0.438. The summed E-state index contributed by atoms with van der Waals surface area (Å²) in [4.78, 5) is 38.7. The van der Waals surface area contributed by atoms with Gasteiger partial charge < -0.3 is 19.1 Å². The molecule has 2 amide bonds. The summed E-state index contributed by atoms with van der Waals surface area (Å²) in [5.74, 6) is 1.32. The molecule has 0 N–H and O–H groups in total. The predicted molar refractivity (Wildman–Crippen MR) is 116 cm³/mol. The van der Waals surface area contributed by atoms with Crippen molar-refractivity contribution in [2.45, 2.75) is 25.6 Å². The largest absolute Gasteiger partial charge is 0.497 e. The van der Waals surface area contributed by atoms with Gasteiger partial charge in [0.2, 0.25) is 5.12 Å². The fourth-order valence-electron chi connectivity index (χ4n) is 3.54. The Bertz CT molecular complexity index is 996. The van der Waals surface area contributed by atoms with Crippen LogP contribution in [0.25, 0.3) is 0 Å². The summed E-state index contributed by atoms with van der Waals surface area (Å²) >= 11 is 0.737. The molecule has 4 rings (SSSR count). The van der Waals surface area contributed by atoms with Crippen LogP contribution >= 0.6 is 11.8 Å². The Morgan fingerprint density at radius 3 is 2.55 bits per heavy atom. The van der Waals surface area contributed by atoms with Gasteiger partial charge in [0.25, 0.3) is 5.24 Å². The van der Waals surface area contributed by atoms with Crippen molar-refractivity contribution in [2.75, 3.05) is 25.2 Å². The molecule has 0 saturated carbocycles. The van der Waals surface area contributed by atoms with Crippen molar-refractivity contribution in [3.05, 3.63) is 54.1 Å². The van der Waals surface area contributed by atoms with Crippen LogP contribution in [0.2, 0.25) is 0 Å². The molecule has 2 aliphatic heterocycles. The zero-order valence-corrected chi connectivity index (χ0v) is 18.0. The van der Waals surface area contributed by atoms with E-state index in [9.17, 15) is 14.4 Å². The van der Waals surface area contributed by atoms with Crippen molar-refractivity contribution in [3.63, 3.8) is 0 Å². The summed E-state index contributed by atoms with van der Waals surface area (Å²) in [6.45, 7) is 2.56. The van der Waals surface area contributed by atoms with Crippen LogP contribution in [0.3, 0.4) is 0 Å². The molecule has 2 aliphatic rings. The quantitative estimate of drug-likeness (QED) is 0.647. The number of carbonyl (C=O) groups excluding carboxylic acids is 3. The van der Waals surface area contributed by atoms with Crippen LogP contribution in [-0.4, -0.2) is 53.8 Å². The third-order valence-electron chi connectivity index (χ3n) is 5.21. The molecule has 31 heavy (non-hydrogen) atoms. The molecule has 2 heterocycles. The molecule has 2 atom stereocenters. The second-order valence-electron chi connectivity index (χ2n) is 7.29. The second kappa shape index (κ2) is 8.89. The first kappa shape index (κ1) is 21.0. The maximum Gasteiger partial charge on any atom is 0.415 e. The number of rotatable bonds is 7. The molecule has 0 spiro atoms. The zero-order chi connectivity index (χ0) is 22.0. The molecule has 0 radical (unpaired) electrons. The lowest BCUT2D eigenvalue weighted by molar-refractivity contribution is -0.110. The SMILES string of the molecule is COc1ccc(N2C(=O)O[C@H](COc3cccc(CN4CC(=O)SC4=O)c3)[C@@H]2C)cc1. The predicted octanol–water partition coefficient (Wildman–Crippen LogP) is 3.68. The van der Waals surface area contributed by atoms with Crippen molar-refractivity contribution >= 4 is 33.9 Å². The molecule has 0 unspecified atom stereocenters. The Balaban J connectivity index is 1.37. The van der Waals surface area contributed by atoms with E-state index in [1.54, 1.807) is 30.2 Å². The van der Waals surface area contributed by atoms with E-state index in [0.29, 0.717) is 18.0 Å². The highest BCUT2D eigenvalue weighted by molar-refractivity contribution is 8.26. The van der Waals surface area contributed by atoms with Gasteiger partial charge in [-0.3, -0.25) is 14.5 Å². The highest BCUT2D eigenvalue weighted by atomic mass is 32.2. The van der Waals surface area contributed by atoms with Crippen molar-refractivity contribution in [3.8, 4) is 11.5 Å². The number of ether oxygens (including phenoxy) is 3. The smallest absolute Gasteiger partial charge is 0.415 e. The third-order valence-corrected chi connectivity index (χ3v) is 6.00. The topological polar surface area (TPSA) is 85.4 Å². The van der Waals surface area contributed by atoms with Crippen molar-refractivity contribution in [1.29, 1.82) is 0 Å². The summed E-state index contributed by atoms with van der Waals surface area (Å²) in [6, 6.07) is 14.3. The first-order chi connectivity index (χ1) is 14.9. The highest BCUT2D eigenvalue weighted by Crippen LogP contribution is 2.29. The van der Waals surface area contributed by atoms with Crippen molar-refractivity contribution in [1.82, 2.24) is 4.90 Å². The monoisotopic (exact) mass is 442 g/mol. The third kappa shape index (κ3) is 4.61. The van der Waals surface area contributed by atoms with E-state index in [1.807, 2.05) is 37.3 Å². The Morgan fingerprint density at radius 2 is 1.87 bits per heavy atom. The van der Waals surface area contributed by atoms with Gasteiger partial charge in [-0.15, -0.1) is 0 Å². The fourth-order valence-corrected chi connectivity index (χ4v) is 4.21. The van der Waals surface area contributed by atoms with E-state index in [2.05, 4.69) is 0 Å². The minimum absolute atomic E-state index is 0.116. The number of thioether (sulfide) groups is 1. The van der Waals surface area contributed by atoms with E-state index in [1.165, 1.54) is 4.90 Å². The number of methoxy groups -OCH3 is 1. The molecule has 9 heteroatoms. The Labute approximate surface area is 184 Å². The molecule has 0 aliphatic carbocycles. The van der Waals surface area contributed by atoms with E-state index in [0.717, 1.165) is 23.0 Å². The lowest BCUT2D eigenvalue weighted by Crippen LogP contribution is -2.36. The first-order valence-corrected chi connectivity index (χ1v) is 10.6. The van der Waals surface area contributed by atoms with Crippen LogP contribution in [-0.2, 0) is 16.1 Å². The van der Waals surface area contributed by atoms with E-state index >= 15 is 0 Å². The van der Waals surface area contributed by atoms with Gasteiger partial charge in [0, 0.05) is 24.0 Å². The molecule has 8 nitrogen and oxygen atoms in total. The van der Waals surface area contributed by atoms with Crippen molar-refractivity contribution < 1.29 is 28.6 Å². The van der Waals surface area contributed by atoms with Gasteiger partial charge in [-0.1, -0.05) is 12.1 Å². The van der Waals surface area contributed by atoms with Gasteiger partial charge in [0.05, 0.1) is 19.7 Å². The summed E-state index contributed by atoms with van der Waals surface area (Å²) in [7, 11) is 1.59. The van der Waals surface area contributed by atoms with Crippen LogP contribution in [0.15, 0.2) is 48.5 Å². The summed E-state index contributed by atoms with van der Waals surface area (Å²) in [5, 5.41) is -0.377. The number of benzene rings is 2. The number of anilines is 1. The lowest BCUT2D eigenvalue weighted by Gasteiger charge is -2.21. The number of cyclic esters (lactones) is 1. The first-order valence-electron chi connectivity index (χ1n) is 9.80. The van der Waals surface area contributed by atoms with Crippen molar-refractivity contribution in [2.24, 2.45) is 0 Å². The van der Waals surface area contributed by atoms with Crippen LogP contribution in [0, 0.1) is 0 Å². The summed E-state index contributed by atoms with van der Waals surface area (Å²) in [5.41, 5.74) is 1.59. The van der Waals surface area contributed by atoms with Gasteiger partial charge in [0.15, 0.2) is 6.10 Å². The molecule has 2 aromatic rings. The van der Waals surface area contributed by atoms with Gasteiger partial charge in [0.1, 0.15) is 18.1 Å². The van der Waals surface area contributed by atoms with Gasteiger partial charge in [-0.2, -0.15) is 0 Å². The summed E-state index contributed by atoms with van der Waals surface area (Å²) < 4.78 is 16.6. The lowest BCUT2D eigenvalue weighted by atomic mass is 10.1.